The molecule has 3 aliphatic heterocycles. The van der Waals surface area contributed by atoms with Crippen LogP contribution in [0.5, 0.6) is 5.75 Å². The summed E-state index contributed by atoms with van der Waals surface area (Å²) in [6.07, 6.45) is 7.69. The van der Waals surface area contributed by atoms with E-state index < -0.39 is 11.9 Å². The minimum atomic E-state index is -0.590. The van der Waals surface area contributed by atoms with Gasteiger partial charge in [-0.05, 0) is 69.4 Å². The molecule has 1 saturated carbocycles. The predicted octanol–water partition coefficient (Wildman–Crippen LogP) is 2.47. The van der Waals surface area contributed by atoms with Crippen LogP contribution in [-0.2, 0) is 9.59 Å². The normalized spacial score (nSPS) is 25.9. The molecule has 1 atom stereocenters. The number of piperidine rings is 3. The molecular weight excluding hydrogens is 449 g/mol. The number of methoxy groups -OCH3 is 1. The summed E-state index contributed by atoms with van der Waals surface area (Å²) >= 11 is 0. The Labute approximate surface area is 206 Å². The highest BCUT2D eigenvalue weighted by Gasteiger charge is 2.44. The van der Waals surface area contributed by atoms with E-state index in [0.29, 0.717) is 40.9 Å². The summed E-state index contributed by atoms with van der Waals surface area (Å²) < 4.78 is 20.7. The maximum Gasteiger partial charge on any atom is 0.249 e. The van der Waals surface area contributed by atoms with Crippen LogP contribution in [0.1, 0.15) is 51.4 Å². The zero-order valence-electron chi connectivity index (χ0n) is 20.7. The van der Waals surface area contributed by atoms with Crippen LogP contribution < -0.4 is 26.0 Å². The molecule has 1 spiro atoms. The molecule has 1 aromatic rings. The lowest BCUT2D eigenvalue weighted by Gasteiger charge is -2.51. The monoisotopic (exact) mass is 487 g/mol. The van der Waals surface area contributed by atoms with Gasteiger partial charge in [0.1, 0.15) is 17.6 Å². The fraction of sp³-hybridized carbons (Fsp3) is 0.692. The molecule has 192 valence electrons. The Morgan fingerprint density at radius 2 is 1.86 bits per heavy atom. The van der Waals surface area contributed by atoms with Crippen molar-refractivity contribution in [1.82, 2.24) is 10.2 Å². The number of hydrogen-bond acceptors (Lipinski definition) is 7. The Morgan fingerprint density at radius 3 is 2.49 bits per heavy atom. The lowest BCUT2D eigenvalue weighted by molar-refractivity contribution is -0.133. The van der Waals surface area contributed by atoms with E-state index in [1.165, 1.54) is 44.8 Å². The van der Waals surface area contributed by atoms with Gasteiger partial charge in [-0.25, -0.2) is 4.39 Å². The Hall–Kier alpha value is -2.39. The van der Waals surface area contributed by atoms with Crippen molar-refractivity contribution in [3.8, 4) is 5.75 Å². The molecule has 4 aliphatic rings. The van der Waals surface area contributed by atoms with Gasteiger partial charge >= 0.3 is 0 Å². The van der Waals surface area contributed by atoms with Gasteiger partial charge in [-0.3, -0.25) is 14.9 Å². The molecule has 3 saturated heterocycles. The van der Waals surface area contributed by atoms with Crippen LogP contribution >= 0.6 is 0 Å². The highest BCUT2D eigenvalue weighted by atomic mass is 19.1. The summed E-state index contributed by atoms with van der Waals surface area (Å²) in [5.74, 6) is 0.125. The lowest BCUT2D eigenvalue weighted by atomic mass is 9.60. The molecular formula is C26H38FN5O3. The maximum atomic E-state index is 15.2. The molecule has 2 amide bonds. The van der Waals surface area contributed by atoms with E-state index in [9.17, 15) is 9.59 Å². The van der Waals surface area contributed by atoms with Crippen molar-refractivity contribution in [3.05, 3.63) is 17.9 Å². The number of amides is 2. The van der Waals surface area contributed by atoms with E-state index >= 15 is 4.39 Å². The first-order valence-corrected chi connectivity index (χ1v) is 13.0. The van der Waals surface area contributed by atoms with Gasteiger partial charge in [0.2, 0.25) is 11.8 Å². The molecule has 4 fully saturated rings. The number of carbonyl (C=O) groups excluding carboxylic acids is 2. The van der Waals surface area contributed by atoms with Crippen LogP contribution in [0.3, 0.4) is 0 Å². The van der Waals surface area contributed by atoms with Crippen molar-refractivity contribution in [3.63, 3.8) is 0 Å². The number of carbonyl (C=O) groups is 2. The van der Waals surface area contributed by atoms with E-state index in [1.807, 2.05) is 0 Å². The standard InChI is InChI=1S/C26H38FN5O3/c1-35-23-13-22(19(27)12-21(23)29-20-2-3-24(33)30-25(20)34)32-8-4-17(5-9-32)16-31-10-6-26(7-11-31)14-18(28)15-26/h12-13,17-18,20,29H,2-11,14-16,28H2,1H3,(H,30,33,34). The summed E-state index contributed by atoms with van der Waals surface area (Å²) in [5, 5.41) is 5.37. The van der Waals surface area contributed by atoms with Crippen LogP contribution in [0, 0.1) is 17.2 Å². The summed E-state index contributed by atoms with van der Waals surface area (Å²) in [7, 11) is 1.54. The number of halogens is 1. The van der Waals surface area contributed by atoms with Gasteiger partial charge in [0.25, 0.3) is 0 Å². The summed E-state index contributed by atoms with van der Waals surface area (Å²) in [6.45, 7) is 5.13. The fourth-order valence-electron chi connectivity index (χ4n) is 6.48. The molecule has 0 aromatic heterocycles. The molecule has 3 heterocycles. The number of anilines is 2. The Balaban J connectivity index is 1.15. The Kier molecular flexibility index (Phi) is 6.90. The predicted molar refractivity (Wildman–Crippen MR) is 133 cm³/mol. The van der Waals surface area contributed by atoms with Gasteiger partial charge in [-0.15, -0.1) is 0 Å². The minimum absolute atomic E-state index is 0.258. The van der Waals surface area contributed by atoms with E-state index in [0.717, 1.165) is 32.5 Å². The first-order valence-electron chi connectivity index (χ1n) is 13.0. The third kappa shape index (κ3) is 5.26. The number of likely N-dealkylation sites (tertiary alicyclic amines) is 1. The van der Waals surface area contributed by atoms with Gasteiger partial charge in [0.15, 0.2) is 0 Å². The first kappa shape index (κ1) is 24.3. The Bertz CT molecular complexity index is 949. The maximum absolute atomic E-state index is 15.2. The van der Waals surface area contributed by atoms with E-state index in [-0.39, 0.29) is 18.1 Å². The van der Waals surface area contributed by atoms with Gasteiger partial charge in [0, 0.05) is 44.2 Å². The van der Waals surface area contributed by atoms with Crippen LogP contribution in [0.2, 0.25) is 0 Å². The number of nitrogens with one attached hydrogen (secondary N) is 2. The van der Waals surface area contributed by atoms with E-state index in [2.05, 4.69) is 20.4 Å². The van der Waals surface area contributed by atoms with Crippen LogP contribution in [0.4, 0.5) is 15.8 Å². The number of ether oxygens (including phenoxy) is 1. The molecule has 4 N–H and O–H groups in total. The van der Waals surface area contributed by atoms with Crippen molar-refractivity contribution >= 4 is 23.2 Å². The molecule has 1 aliphatic carbocycles. The molecule has 1 aromatic carbocycles. The quantitative estimate of drug-likeness (QED) is 0.530. The highest BCUT2D eigenvalue weighted by Crippen LogP contribution is 2.48. The number of hydrogen-bond donors (Lipinski definition) is 3. The third-order valence-corrected chi connectivity index (χ3v) is 8.62. The molecule has 35 heavy (non-hydrogen) atoms. The zero-order valence-corrected chi connectivity index (χ0v) is 20.7. The van der Waals surface area contributed by atoms with Crippen LogP contribution in [0.15, 0.2) is 12.1 Å². The van der Waals surface area contributed by atoms with Crippen molar-refractivity contribution in [1.29, 1.82) is 0 Å². The summed E-state index contributed by atoms with van der Waals surface area (Å²) in [4.78, 5) is 28.2. The number of rotatable bonds is 6. The number of nitrogens with zero attached hydrogens (tertiary/aromatic N) is 2. The zero-order chi connectivity index (χ0) is 24.6. The lowest BCUT2D eigenvalue weighted by Crippen LogP contribution is -2.52. The van der Waals surface area contributed by atoms with Crippen LogP contribution in [-0.4, -0.2) is 68.6 Å². The second-order valence-corrected chi connectivity index (χ2v) is 11.1. The molecule has 1 unspecified atom stereocenters. The van der Waals surface area contributed by atoms with Crippen LogP contribution in [0.25, 0.3) is 0 Å². The van der Waals surface area contributed by atoms with Crippen molar-refractivity contribution in [2.75, 3.05) is 50.1 Å². The largest absolute Gasteiger partial charge is 0.495 e. The minimum Gasteiger partial charge on any atom is -0.495 e. The number of imide groups is 1. The average Bonchev–Trinajstić information content (AvgIpc) is 2.82. The molecule has 0 bridgehead atoms. The fourth-order valence-corrected chi connectivity index (χ4v) is 6.48. The second kappa shape index (κ2) is 9.93. The third-order valence-electron chi connectivity index (χ3n) is 8.62. The number of nitrogens with two attached hydrogens (primary N) is 1. The number of benzene rings is 1. The van der Waals surface area contributed by atoms with Crippen molar-refractivity contribution in [2.24, 2.45) is 17.1 Å². The molecule has 5 rings (SSSR count). The molecule has 0 radical (unpaired) electrons. The first-order chi connectivity index (χ1) is 16.8. The van der Waals surface area contributed by atoms with E-state index in [1.54, 1.807) is 13.2 Å². The Morgan fingerprint density at radius 1 is 1.14 bits per heavy atom. The van der Waals surface area contributed by atoms with Gasteiger partial charge in [-0.2, -0.15) is 0 Å². The van der Waals surface area contributed by atoms with Crippen molar-refractivity contribution in [2.45, 2.75) is 63.5 Å². The summed E-state index contributed by atoms with van der Waals surface area (Å²) in [6, 6.07) is 2.96. The van der Waals surface area contributed by atoms with Gasteiger partial charge in [-0.1, -0.05) is 0 Å². The SMILES string of the molecule is COc1cc(N2CCC(CN3CCC4(CC3)CC(N)C4)CC2)c(F)cc1NC1CCC(=O)NC1=O. The van der Waals surface area contributed by atoms with Gasteiger partial charge in [0.05, 0.1) is 18.5 Å². The van der Waals surface area contributed by atoms with E-state index in [4.69, 9.17) is 10.5 Å². The molecule has 9 heteroatoms. The van der Waals surface area contributed by atoms with Gasteiger partial charge < -0.3 is 25.6 Å². The average molecular weight is 488 g/mol. The smallest absolute Gasteiger partial charge is 0.249 e. The van der Waals surface area contributed by atoms with Crippen molar-refractivity contribution < 1.29 is 18.7 Å². The highest BCUT2D eigenvalue weighted by molar-refractivity contribution is 6.01. The summed E-state index contributed by atoms with van der Waals surface area (Å²) in [5.41, 5.74) is 7.53. The second-order valence-electron chi connectivity index (χ2n) is 11.1. The molecule has 8 nitrogen and oxygen atoms in total. The topological polar surface area (TPSA) is 99.9 Å².